The quantitative estimate of drug-likeness (QED) is 0.892. The maximum atomic E-state index is 13.8. The van der Waals surface area contributed by atoms with E-state index in [1.54, 1.807) is 4.90 Å². The number of hydrogen-bond donors (Lipinski definition) is 1. The molecule has 124 valence electrons. The fourth-order valence-electron chi connectivity index (χ4n) is 3.22. The maximum absolute atomic E-state index is 13.8. The predicted octanol–water partition coefficient (Wildman–Crippen LogP) is 1.30. The Morgan fingerprint density at radius 3 is 2.74 bits per heavy atom. The van der Waals surface area contributed by atoms with Crippen molar-refractivity contribution in [3.63, 3.8) is 0 Å². The number of amides is 2. The van der Waals surface area contributed by atoms with Crippen LogP contribution in [0.1, 0.15) is 19.3 Å². The smallest absolute Gasteiger partial charge is 0.228 e. The van der Waals surface area contributed by atoms with Gasteiger partial charge in [-0.3, -0.25) is 9.59 Å². The van der Waals surface area contributed by atoms with Crippen LogP contribution in [0.15, 0.2) is 18.2 Å². The van der Waals surface area contributed by atoms with E-state index in [4.69, 9.17) is 0 Å². The average molecular weight is 324 g/mol. The number of hydrogen-bond acceptors (Lipinski definition) is 3. The molecule has 2 unspecified atom stereocenters. The number of nitrogens with zero attached hydrogens (tertiary/aromatic N) is 2. The van der Waals surface area contributed by atoms with Gasteiger partial charge in [-0.2, -0.15) is 0 Å². The lowest BCUT2D eigenvalue weighted by atomic mass is 10.0. The molecule has 0 saturated carbocycles. The molecule has 1 aromatic rings. The van der Waals surface area contributed by atoms with Gasteiger partial charge in [0, 0.05) is 32.1 Å². The van der Waals surface area contributed by atoms with Gasteiger partial charge in [-0.05, 0) is 25.0 Å². The topological polar surface area (TPSA) is 60.9 Å². The highest BCUT2D eigenvalue weighted by Crippen LogP contribution is 2.29. The van der Waals surface area contributed by atoms with Crippen molar-refractivity contribution in [1.82, 2.24) is 4.90 Å². The highest BCUT2D eigenvalue weighted by molar-refractivity contribution is 6.00. The van der Waals surface area contributed by atoms with Gasteiger partial charge in [-0.15, -0.1) is 0 Å². The lowest BCUT2D eigenvalue weighted by Gasteiger charge is -2.31. The molecule has 5 nitrogen and oxygen atoms in total. The Balaban J connectivity index is 1.73. The molecule has 7 heteroatoms. The molecule has 1 aromatic carbocycles. The van der Waals surface area contributed by atoms with Crippen LogP contribution in [-0.2, 0) is 9.59 Å². The minimum atomic E-state index is -0.820. The van der Waals surface area contributed by atoms with Crippen LogP contribution in [0.3, 0.4) is 0 Å². The molecule has 0 bridgehead atoms. The number of aliphatic hydroxyl groups excluding tert-OH is 1. The first-order chi connectivity index (χ1) is 11.0. The fraction of sp³-hybridized carbons (Fsp3) is 0.500. The lowest BCUT2D eigenvalue weighted by Crippen LogP contribution is -2.45. The van der Waals surface area contributed by atoms with Crippen LogP contribution in [0.2, 0.25) is 0 Å². The van der Waals surface area contributed by atoms with Gasteiger partial charge in [0.2, 0.25) is 11.8 Å². The molecule has 2 aliphatic heterocycles. The van der Waals surface area contributed by atoms with E-state index in [0.29, 0.717) is 13.0 Å². The van der Waals surface area contributed by atoms with Gasteiger partial charge in [-0.25, -0.2) is 8.78 Å². The number of rotatable bonds is 2. The van der Waals surface area contributed by atoms with E-state index in [1.807, 2.05) is 0 Å². The van der Waals surface area contributed by atoms with E-state index >= 15 is 0 Å². The standard InChI is InChI=1S/C16H18F2N2O3/c17-11-3-4-14(13(18)7-11)20-8-10(6-15(20)22)16(23)19-5-1-2-12(21)9-19/h3-4,7,10,12,21H,1-2,5-6,8-9H2. The third-order valence-corrected chi connectivity index (χ3v) is 4.38. The summed E-state index contributed by atoms with van der Waals surface area (Å²) in [6.07, 6.45) is 0.863. The van der Waals surface area contributed by atoms with Crippen LogP contribution in [0.4, 0.5) is 14.5 Å². The largest absolute Gasteiger partial charge is 0.391 e. The number of carbonyl (C=O) groups excluding carboxylic acids is 2. The summed E-state index contributed by atoms with van der Waals surface area (Å²) in [6.45, 7) is 0.909. The van der Waals surface area contributed by atoms with Crippen LogP contribution in [0.5, 0.6) is 0 Å². The van der Waals surface area contributed by atoms with E-state index in [0.717, 1.165) is 18.6 Å². The molecule has 0 spiro atoms. The van der Waals surface area contributed by atoms with Gasteiger partial charge in [0.15, 0.2) is 0 Å². The lowest BCUT2D eigenvalue weighted by molar-refractivity contribution is -0.138. The highest BCUT2D eigenvalue weighted by Gasteiger charge is 2.39. The van der Waals surface area contributed by atoms with Crippen LogP contribution in [0, 0.1) is 17.6 Å². The van der Waals surface area contributed by atoms with Gasteiger partial charge in [-0.1, -0.05) is 0 Å². The molecule has 2 heterocycles. The molecular weight excluding hydrogens is 306 g/mol. The number of aliphatic hydroxyl groups is 1. The zero-order valence-corrected chi connectivity index (χ0v) is 12.5. The molecule has 1 N–H and O–H groups in total. The Kier molecular flexibility index (Phi) is 4.30. The summed E-state index contributed by atoms with van der Waals surface area (Å²) in [7, 11) is 0. The molecular formula is C16H18F2N2O3. The van der Waals surface area contributed by atoms with E-state index in [2.05, 4.69) is 0 Å². The van der Waals surface area contributed by atoms with E-state index in [-0.39, 0.29) is 37.0 Å². The van der Waals surface area contributed by atoms with Crippen LogP contribution >= 0.6 is 0 Å². The second-order valence-corrected chi connectivity index (χ2v) is 6.08. The Bertz CT molecular complexity index is 638. The molecule has 3 rings (SSSR count). The number of carbonyl (C=O) groups is 2. The van der Waals surface area contributed by atoms with Gasteiger partial charge >= 0.3 is 0 Å². The predicted molar refractivity (Wildman–Crippen MR) is 78.6 cm³/mol. The van der Waals surface area contributed by atoms with Crippen molar-refractivity contribution in [3.8, 4) is 0 Å². The molecule has 23 heavy (non-hydrogen) atoms. The van der Waals surface area contributed by atoms with Crippen LogP contribution in [-0.4, -0.2) is 47.6 Å². The molecule has 0 aromatic heterocycles. The number of halogens is 2. The third-order valence-electron chi connectivity index (χ3n) is 4.38. The normalized spacial score (nSPS) is 25.1. The molecule has 2 saturated heterocycles. The first-order valence-electron chi connectivity index (χ1n) is 7.68. The van der Waals surface area contributed by atoms with Crippen molar-refractivity contribution in [1.29, 1.82) is 0 Å². The Labute approximate surface area is 132 Å². The molecule has 0 radical (unpaired) electrons. The van der Waals surface area contributed by atoms with Gasteiger partial charge in [0.25, 0.3) is 0 Å². The third kappa shape index (κ3) is 3.19. The fourth-order valence-corrected chi connectivity index (χ4v) is 3.22. The second kappa shape index (κ2) is 6.23. The first-order valence-corrected chi connectivity index (χ1v) is 7.68. The van der Waals surface area contributed by atoms with E-state index < -0.39 is 23.7 Å². The summed E-state index contributed by atoms with van der Waals surface area (Å²) in [6, 6.07) is 3.01. The van der Waals surface area contributed by atoms with E-state index in [9.17, 15) is 23.5 Å². The van der Waals surface area contributed by atoms with Gasteiger partial charge < -0.3 is 14.9 Å². The molecule has 2 amide bonds. The Morgan fingerprint density at radius 1 is 1.26 bits per heavy atom. The molecule has 2 fully saturated rings. The number of piperidine rings is 1. The first kappa shape index (κ1) is 15.9. The van der Waals surface area contributed by atoms with Crippen molar-refractivity contribution < 1.29 is 23.5 Å². The summed E-state index contributed by atoms with van der Waals surface area (Å²) in [4.78, 5) is 27.4. The summed E-state index contributed by atoms with van der Waals surface area (Å²) in [5.41, 5.74) is -0.00891. The van der Waals surface area contributed by atoms with Crippen molar-refractivity contribution in [2.45, 2.75) is 25.4 Å². The summed E-state index contributed by atoms with van der Waals surface area (Å²) < 4.78 is 26.8. The monoisotopic (exact) mass is 324 g/mol. The molecule has 2 aliphatic rings. The zero-order chi connectivity index (χ0) is 16.6. The summed E-state index contributed by atoms with van der Waals surface area (Å²) >= 11 is 0. The Hall–Kier alpha value is -2.02. The molecule has 0 aliphatic carbocycles. The van der Waals surface area contributed by atoms with Gasteiger partial charge in [0.05, 0.1) is 17.7 Å². The van der Waals surface area contributed by atoms with Crippen molar-refractivity contribution in [3.05, 3.63) is 29.8 Å². The highest BCUT2D eigenvalue weighted by atomic mass is 19.1. The number of likely N-dealkylation sites (tertiary alicyclic amines) is 1. The van der Waals surface area contributed by atoms with Crippen molar-refractivity contribution in [2.75, 3.05) is 24.5 Å². The van der Waals surface area contributed by atoms with Gasteiger partial charge in [0.1, 0.15) is 11.6 Å². The summed E-state index contributed by atoms with van der Waals surface area (Å²) in [5.74, 6) is -2.64. The number of benzene rings is 1. The van der Waals surface area contributed by atoms with Crippen LogP contribution in [0.25, 0.3) is 0 Å². The Morgan fingerprint density at radius 2 is 2.04 bits per heavy atom. The maximum Gasteiger partial charge on any atom is 0.228 e. The van der Waals surface area contributed by atoms with Crippen molar-refractivity contribution >= 4 is 17.5 Å². The minimum absolute atomic E-state index is 0.00223. The van der Waals surface area contributed by atoms with Crippen molar-refractivity contribution in [2.24, 2.45) is 5.92 Å². The number of β-amino-alcohol motifs (C(OH)–C–C–N with tert-alkyl or cyclic N) is 1. The zero-order valence-electron chi connectivity index (χ0n) is 12.5. The second-order valence-electron chi connectivity index (χ2n) is 6.08. The SMILES string of the molecule is O=C(C1CC(=O)N(c2ccc(F)cc2F)C1)N1CCCC(O)C1. The average Bonchev–Trinajstić information content (AvgIpc) is 2.88. The number of anilines is 1. The van der Waals surface area contributed by atoms with Crippen LogP contribution < -0.4 is 4.90 Å². The molecule has 2 atom stereocenters. The minimum Gasteiger partial charge on any atom is -0.391 e. The van der Waals surface area contributed by atoms with E-state index in [1.165, 1.54) is 11.0 Å². The summed E-state index contributed by atoms with van der Waals surface area (Å²) in [5, 5.41) is 9.66.